The first-order valence-corrected chi connectivity index (χ1v) is 7.64. The molecule has 0 aromatic heterocycles. The van der Waals surface area contributed by atoms with Crippen molar-refractivity contribution in [2.45, 2.75) is 13.0 Å². The second-order valence-corrected chi connectivity index (χ2v) is 5.25. The van der Waals surface area contributed by atoms with E-state index < -0.39 is 6.04 Å². The fourth-order valence-corrected chi connectivity index (χ4v) is 2.03. The van der Waals surface area contributed by atoms with Crippen molar-refractivity contribution >= 4 is 17.8 Å². The molecule has 2 rings (SSSR count). The molecule has 0 aliphatic heterocycles. The highest BCUT2D eigenvalue weighted by Crippen LogP contribution is 2.21. The lowest BCUT2D eigenvalue weighted by Crippen LogP contribution is -2.34. The standard InChI is InChI=1S/C18H21N3O4/c1-12(20-14-4-6-15(24-2)7-5-14)18(23)21-19-11-13-10-16(25-3)8-9-17(13)22/h4-12,20,22H,1-3H3,(H,21,23)/b19-11-/t12-/m1/s1. The number of anilines is 1. The van der Waals surface area contributed by atoms with Crippen LogP contribution in [0, 0.1) is 0 Å². The van der Waals surface area contributed by atoms with Gasteiger partial charge < -0.3 is 19.9 Å². The van der Waals surface area contributed by atoms with E-state index in [0.29, 0.717) is 11.3 Å². The third-order valence-electron chi connectivity index (χ3n) is 3.48. The summed E-state index contributed by atoms with van der Waals surface area (Å²) in [5.74, 6) is 1.06. The zero-order chi connectivity index (χ0) is 18.2. The van der Waals surface area contributed by atoms with Crippen LogP contribution in [0.2, 0.25) is 0 Å². The normalized spacial score (nSPS) is 11.8. The summed E-state index contributed by atoms with van der Waals surface area (Å²) in [5.41, 5.74) is 3.66. The number of nitrogens with zero attached hydrogens (tertiary/aromatic N) is 1. The van der Waals surface area contributed by atoms with Gasteiger partial charge in [0.1, 0.15) is 23.3 Å². The summed E-state index contributed by atoms with van der Waals surface area (Å²) in [5, 5.41) is 16.7. The maximum atomic E-state index is 12.1. The summed E-state index contributed by atoms with van der Waals surface area (Å²) in [6.07, 6.45) is 1.36. The van der Waals surface area contributed by atoms with E-state index in [2.05, 4.69) is 15.8 Å². The molecular weight excluding hydrogens is 322 g/mol. The Bertz CT molecular complexity index is 744. The van der Waals surface area contributed by atoms with E-state index in [4.69, 9.17) is 9.47 Å². The minimum absolute atomic E-state index is 0.0446. The molecule has 2 aromatic carbocycles. The van der Waals surface area contributed by atoms with Crippen LogP contribution in [0.1, 0.15) is 12.5 Å². The number of amides is 1. The Morgan fingerprint density at radius 1 is 1.12 bits per heavy atom. The molecule has 0 fully saturated rings. The minimum atomic E-state index is -0.496. The molecule has 7 nitrogen and oxygen atoms in total. The van der Waals surface area contributed by atoms with Gasteiger partial charge in [-0.05, 0) is 49.4 Å². The van der Waals surface area contributed by atoms with Crippen LogP contribution < -0.4 is 20.2 Å². The van der Waals surface area contributed by atoms with E-state index in [-0.39, 0.29) is 11.7 Å². The summed E-state index contributed by atoms with van der Waals surface area (Å²) in [7, 11) is 3.12. The quantitative estimate of drug-likeness (QED) is 0.530. The van der Waals surface area contributed by atoms with Crippen molar-refractivity contribution in [2.75, 3.05) is 19.5 Å². The lowest BCUT2D eigenvalue weighted by molar-refractivity contribution is -0.121. The van der Waals surface area contributed by atoms with Gasteiger partial charge in [-0.1, -0.05) is 0 Å². The third kappa shape index (κ3) is 5.13. The van der Waals surface area contributed by atoms with Crippen molar-refractivity contribution in [1.82, 2.24) is 5.43 Å². The first-order valence-electron chi connectivity index (χ1n) is 7.64. The Kier molecular flexibility index (Phi) is 6.22. The maximum absolute atomic E-state index is 12.1. The average Bonchev–Trinajstić information content (AvgIpc) is 2.63. The first-order chi connectivity index (χ1) is 12.0. The molecule has 0 unspecified atom stereocenters. The Balaban J connectivity index is 1.92. The number of carbonyl (C=O) groups excluding carboxylic acids is 1. The lowest BCUT2D eigenvalue weighted by Gasteiger charge is -2.13. The highest BCUT2D eigenvalue weighted by atomic mass is 16.5. The molecule has 3 N–H and O–H groups in total. The zero-order valence-electron chi connectivity index (χ0n) is 14.3. The Morgan fingerprint density at radius 3 is 2.40 bits per heavy atom. The van der Waals surface area contributed by atoms with Gasteiger partial charge in [-0.25, -0.2) is 5.43 Å². The van der Waals surface area contributed by atoms with Gasteiger partial charge in [0, 0.05) is 11.3 Å². The molecule has 0 heterocycles. The Hall–Kier alpha value is -3.22. The van der Waals surface area contributed by atoms with Crippen molar-refractivity contribution in [2.24, 2.45) is 5.10 Å². The summed E-state index contributed by atoms with van der Waals surface area (Å²) >= 11 is 0. The molecule has 2 aromatic rings. The number of methoxy groups -OCH3 is 2. The van der Waals surface area contributed by atoms with E-state index >= 15 is 0 Å². The summed E-state index contributed by atoms with van der Waals surface area (Å²) in [6.45, 7) is 1.72. The lowest BCUT2D eigenvalue weighted by atomic mass is 10.2. The van der Waals surface area contributed by atoms with Crippen LogP contribution in [-0.4, -0.2) is 37.5 Å². The second-order valence-electron chi connectivity index (χ2n) is 5.25. The van der Waals surface area contributed by atoms with Crippen LogP contribution in [0.15, 0.2) is 47.6 Å². The molecule has 0 aliphatic carbocycles. The van der Waals surface area contributed by atoms with Crippen LogP contribution in [0.25, 0.3) is 0 Å². The predicted octanol–water partition coefficient (Wildman–Crippen LogP) is 2.36. The van der Waals surface area contributed by atoms with Gasteiger partial charge in [-0.3, -0.25) is 4.79 Å². The van der Waals surface area contributed by atoms with Gasteiger partial charge in [0.05, 0.1) is 20.4 Å². The Morgan fingerprint density at radius 2 is 1.76 bits per heavy atom. The van der Waals surface area contributed by atoms with Crippen LogP contribution >= 0.6 is 0 Å². The van der Waals surface area contributed by atoms with Crippen LogP contribution in [0.5, 0.6) is 17.2 Å². The molecule has 0 radical (unpaired) electrons. The third-order valence-corrected chi connectivity index (χ3v) is 3.48. The number of phenolic OH excluding ortho intramolecular Hbond substituents is 1. The average molecular weight is 343 g/mol. The number of aromatic hydroxyl groups is 1. The van der Waals surface area contributed by atoms with Crippen molar-refractivity contribution < 1.29 is 19.4 Å². The van der Waals surface area contributed by atoms with E-state index in [1.165, 1.54) is 19.4 Å². The number of hydrazone groups is 1. The SMILES string of the molecule is COc1ccc(N[C@H](C)C(=O)N/N=C\c2cc(OC)ccc2O)cc1. The summed E-state index contributed by atoms with van der Waals surface area (Å²) in [4.78, 5) is 12.1. The van der Waals surface area contributed by atoms with Gasteiger partial charge >= 0.3 is 0 Å². The van der Waals surface area contributed by atoms with Gasteiger partial charge in [0.2, 0.25) is 0 Å². The molecule has 25 heavy (non-hydrogen) atoms. The fourth-order valence-electron chi connectivity index (χ4n) is 2.03. The number of nitrogens with one attached hydrogen (secondary N) is 2. The largest absolute Gasteiger partial charge is 0.507 e. The predicted molar refractivity (Wildman–Crippen MR) is 96.5 cm³/mol. The molecule has 7 heteroatoms. The van der Waals surface area contributed by atoms with Crippen molar-refractivity contribution in [3.05, 3.63) is 48.0 Å². The van der Waals surface area contributed by atoms with Crippen LogP contribution in [0.4, 0.5) is 5.69 Å². The van der Waals surface area contributed by atoms with Crippen molar-refractivity contribution in [1.29, 1.82) is 0 Å². The smallest absolute Gasteiger partial charge is 0.262 e. The van der Waals surface area contributed by atoms with Gasteiger partial charge in [0.15, 0.2) is 0 Å². The number of rotatable bonds is 7. The van der Waals surface area contributed by atoms with Crippen molar-refractivity contribution in [3.8, 4) is 17.2 Å². The molecule has 1 atom stereocenters. The van der Waals surface area contributed by atoms with Gasteiger partial charge in [0.25, 0.3) is 5.91 Å². The highest BCUT2D eigenvalue weighted by molar-refractivity contribution is 5.88. The molecule has 1 amide bonds. The molecule has 0 bridgehead atoms. The first kappa shape index (κ1) is 18.1. The zero-order valence-corrected chi connectivity index (χ0v) is 14.3. The van der Waals surface area contributed by atoms with E-state index in [1.54, 1.807) is 38.3 Å². The van der Waals surface area contributed by atoms with Crippen LogP contribution in [0.3, 0.4) is 0 Å². The monoisotopic (exact) mass is 343 g/mol. The molecular formula is C18H21N3O4. The fraction of sp³-hybridized carbons (Fsp3) is 0.222. The van der Waals surface area contributed by atoms with Gasteiger partial charge in [-0.2, -0.15) is 5.10 Å². The topological polar surface area (TPSA) is 92.2 Å². The highest BCUT2D eigenvalue weighted by Gasteiger charge is 2.11. The molecule has 0 saturated heterocycles. The summed E-state index contributed by atoms with van der Waals surface area (Å²) < 4.78 is 10.2. The minimum Gasteiger partial charge on any atom is -0.507 e. The molecule has 0 saturated carbocycles. The molecule has 0 aliphatic rings. The molecule has 0 spiro atoms. The number of phenols is 1. The number of hydrogen-bond acceptors (Lipinski definition) is 6. The number of carbonyl (C=O) groups is 1. The number of benzene rings is 2. The van der Waals surface area contributed by atoms with Crippen molar-refractivity contribution in [3.63, 3.8) is 0 Å². The number of hydrogen-bond donors (Lipinski definition) is 3. The van der Waals surface area contributed by atoms with E-state index in [9.17, 15) is 9.90 Å². The maximum Gasteiger partial charge on any atom is 0.262 e. The Labute approximate surface area is 146 Å². The van der Waals surface area contributed by atoms with Gasteiger partial charge in [-0.15, -0.1) is 0 Å². The van der Waals surface area contributed by atoms with E-state index in [0.717, 1.165) is 11.4 Å². The number of ether oxygens (including phenoxy) is 2. The molecule has 132 valence electrons. The second kappa shape index (κ2) is 8.58. The summed E-state index contributed by atoms with van der Waals surface area (Å²) in [6, 6.07) is 11.5. The van der Waals surface area contributed by atoms with Crippen LogP contribution in [-0.2, 0) is 4.79 Å². The van der Waals surface area contributed by atoms with E-state index in [1.807, 2.05) is 12.1 Å².